The van der Waals surface area contributed by atoms with Crippen LogP contribution in [0.3, 0.4) is 0 Å². The van der Waals surface area contributed by atoms with Gasteiger partial charge in [-0.3, -0.25) is 9.69 Å². The molecule has 1 aliphatic rings. The summed E-state index contributed by atoms with van der Waals surface area (Å²) < 4.78 is 0. The van der Waals surface area contributed by atoms with Crippen molar-refractivity contribution in [1.29, 1.82) is 0 Å². The number of pyridine rings is 1. The topological polar surface area (TPSA) is 48.5 Å². The van der Waals surface area contributed by atoms with Gasteiger partial charge in [0.05, 0.1) is 6.54 Å². The van der Waals surface area contributed by atoms with E-state index in [0.717, 1.165) is 43.2 Å². The minimum atomic E-state index is 0.0493. The second kappa shape index (κ2) is 7.45. The van der Waals surface area contributed by atoms with E-state index in [9.17, 15) is 4.79 Å². The lowest BCUT2D eigenvalue weighted by Gasteiger charge is -2.35. The fourth-order valence-electron chi connectivity index (χ4n) is 3.02. The Kier molecular flexibility index (Phi) is 5.11. The Bertz CT molecular complexity index is 694. The molecule has 0 unspecified atom stereocenters. The zero-order chi connectivity index (χ0) is 16.9. The van der Waals surface area contributed by atoms with E-state index in [-0.39, 0.29) is 5.91 Å². The zero-order valence-corrected chi connectivity index (χ0v) is 14.3. The highest BCUT2D eigenvalue weighted by Gasteiger charge is 2.19. The van der Waals surface area contributed by atoms with Gasteiger partial charge in [-0.1, -0.05) is 23.8 Å². The van der Waals surface area contributed by atoms with Gasteiger partial charge < -0.3 is 10.2 Å². The third-order valence-corrected chi connectivity index (χ3v) is 4.37. The summed E-state index contributed by atoms with van der Waals surface area (Å²) in [5.74, 6) is 1.06. The van der Waals surface area contributed by atoms with Crippen LogP contribution in [0.5, 0.6) is 0 Å². The van der Waals surface area contributed by atoms with Crippen LogP contribution in [-0.4, -0.2) is 48.5 Å². The molecule has 0 aliphatic carbocycles. The van der Waals surface area contributed by atoms with Crippen molar-refractivity contribution in [3.8, 4) is 0 Å². The first-order chi connectivity index (χ1) is 11.6. The number of carbonyl (C=O) groups is 1. The van der Waals surface area contributed by atoms with Crippen molar-refractivity contribution in [1.82, 2.24) is 9.88 Å². The maximum Gasteiger partial charge on any atom is 0.238 e. The van der Waals surface area contributed by atoms with Crippen molar-refractivity contribution in [2.45, 2.75) is 13.8 Å². The molecule has 1 N–H and O–H groups in total. The number of nitrogens with zero attached hydrogens (tertiary/aromatic N) is 3. The minimum absolute atomic E-state index is 0.0493. The van der Waals surface area contributed by atoms with E-state index in [1.807, 2.05) is 43.5 Å². The molecular weight excluding hydrogens is 300 g/mol. The average Bonchev–Trinajstić information content (AvgIpc) is 2.59. The predicted octanol–water partition coefficient (Wildman–Crippen LogP) is 2.46. The van der Waals surface area contributed by atoms with Gasteiger partial charge in [0.2, 0.25) is 5.91 Å². The van der Waals surface area contributed by atoms with Gasteiger partial charge in [-0.25, -0.2) is 4.98 Å². The number of carbonyl (C=O) groups excluding carboxylic acids is 1. The summed E-state index contributed by atoms with van der Waals surface area (Å²) in [5.41, 5.74) is 3.21. The largest absolute Gasteiger partial charge is 0.354 e. The summed E-state index contributed by atoms with van der Waals surface area (Å²) in [7, 11) is 0. The first-order valence-corrected chi connectivity index (χ1v) is 8.37. The average molecular weight is 324 g/mol. The molecule has 0 spiro atoms. The number of amides is 1. The molecule has 0 saturated carbocycles. The van der Waals surface area contributed by atoms with Crippen LogP contribution in [0.2, 0.25) is 0 Å². The summed E-state index contributed by atoms with van der Waals surface area (Å²) in [6.07, 6.45) is 1.82. The molecule has 1 aliphatic heterocycles. The lowest BCUT2D eigenvalue weighted by atomic mass is 10.1. The van der Waals surface area contributed by atoms with Crippen LogP contribution in [0.4, 0.5) is 11.5 Å². The van der Waals surface area contributed by atoms with Crippen molar-refractivity contribution >= 4 is 17.4 Å². The maximum absolute atomic E-state index is 12.3. The van der Waals surface area contributed by atoms with Gasteiger partial charge in [-0.05, 0) is 37.6 Å². The molecule has 0 radical (unpaired) electrons. The van der Waals surface area contributed by atoms with Gasteiger partial charge in [-0.15, -0.1) is 0 Å². The number of aryl methyl sites for hydroxylation is 2. The van der Waals surface area contributed by atoms with Crippen LogP contribution >= 0.6 is 0 Å². The van der Waals surface area contributed by atoms with E-state index in [1.54, 1.807) is 0 Å². The van der Waals surface area contributed by atoms with E-state index in [4.69, 9.17) is 0 Å². The van der Waals surface area contributed by atoms with Gasteiger partial charge in [0.25, 0.3) is 0 Å². The fourth-order valence-corrected chi connectivity index (χ4v) is 3.02. The Hall–Kier alpha value is -2.40. The zero-order valence-electron chi connectivity index (χ0n) is 14.3. The van der Waals surface area contributed by atoms with Crippen molar-refractivity contribution in [2.24, 2.45) is 0 Å². The van der Waals surface area contributed by atoms with Crippen LogP contribution < -0.4 is 10.2 Å². The molecular formula is C19H24N4O. The van der Waals surface area contributed by atoms with E-state index in [1.165, 1.54) is 5.56 Å². The smallest absolute Gasteiger partial charge is 0.238 e. The van der Waals surface area contributed by atoms with Gasteiger partial charge >= 0.3 is 0 Å². The Morgan fingerprint density at radius 1 is 1.12 bits per heavy atom. The van der Waals surface area contributed by atoms with Crippen molar-refractivity contribution in [3.05, 3.63) is 53.7 Å². The minimum Gasteiger partial charge on any atom is -0.354 e. The molecule has 0 bridgehead atoms. The quantitative estimate of drug-likeness (QED) is 0.938. The normalized spacial score (nSPS) is 15.3. The summed E-state index contributed by atoms with van der Waals surface area (Å²) in [5, 5.41) is 3.02. The maximum atomic E-state index is 12.3. The molecule has 5 heteroatoms. The number of anilines is 2. The highest BCUT2D eigenvalue weighted by atomic mass is 16.2. The van der Waals surface area contributed by atoms with Gasteiger partial charge in [0, 0.05) is 38.1 Å². The molecule has 1 amide bonds. The Morgan fingerprint density at radius 2 is 1.92 bits per heavy atom. The lowest BCUT2D eigenvalue weighted by Crippen LogP contribution is -2.48. The number of hydrogen-bond acceptors (Lipinski definition) is 4. The lowest BCUT2D eigenvalue weighted by molar-refractivity contribution is -0.117. The summed E-state index contributed by atoms with van der Waals surface area (Å²) in [6.45, 7) is 8.05. The highest BCUT2D eigenvalue weighted by molar-refractivity contribution is 5.93. The Morgan fingerprint density at radius 3 is 2.58 bits per heavy atom. The number of nitrogens with one attached hydrogen (secondary N) is 1. The molecule has 0 atom stereocenters. The summed E-state index contributed by atoms with van der Waals surface area (Å²) >= 11 is 0. The Balaban J connectivity index is 1.50. The molecule has 1 saturated heterocycles. The number of benzene rings is 1. The van der Waals surface area contributed by atoms with Crippen LogP contribution in [-0.2, 0) is 4.79 Å². The molecule has 1 fully saturated rings. The second-order valence-electron chi connectivity index (χ2n) is 6.32. The standard InChI is InChI=1S/C19H24N4O/c1-15-6-7-17(16(2)13-15)21-19(24)14-22-9-11-23(12-10-22)18-5-3-4-8-20-18/h3-8,13H,9-12,14H2,1-2H3,(H,21,24). The number of hydrogen-bond donors (Lipinski definition) is 1. The van der Waals surface area contributed by atoms with Crippen LogP contribution in [0.15, 0.2) is 42.6 Å². The molecule has 2 heterocycles. The number of piperazine rings is 1. The van der Waals surface area contributed by atoms with Gasteiger partial charge in [-0.2, -0.15) is 0 Å². The molecule has 2 aromatic rings. The Labute approximate surface area is 143 Å². The predicted molar refractivity (Wildman–Crippen MR) is 97.4 cm³/mol. The second-order valence-corrected chi connectivity index (χ2v) is 6.32. The number of rotatable bonds is 4. The van der Waals surface area contributed by atoms with Crippen molar-refractivity contribution in [3.63, 3.8) is 0 Å². The number of aromatic nitrogens is 1. The van der Waals surface area contributed by atoms with Crippen LogP contribution in [0, 0.1) is 13.8 Å². The summed E-state index contributed by atoms with van der Waals surface area (Å²) in [4.78, 5) is 21.1. The first kappa shape index (κ1) is 16.5. The van der Waals surface area contributed by atoms with Crippen LogP contribution in [0.1, 0.15) is 11.1 Å². The molecule has 126 valence electrons. The van der Waals surface area contributed by atoms with Gasteiger partial charge in [0.15, 0.2) is 0 Å². The highest BCUT2D eigenvalue weighted by Crippen LogP contribution is 2.16. The van der Waals surface area contributed by atoms with Gasteiger partial charge in [0.1, 0.15) is 5.82 Å². The van der Waals surface area contributed by atoms with E-state index in [2.05, 4.69) is 33.1 Å². The molecule has 1 aromatic heterocycles. The van der Waals surface area contributed by atoms with Crippen molar-refractivity contribution in [2.75, 3.05) is 42.9 Å². The fraction of sp³-hybridized carbons (Fsp3) is 0.368. The van der Waals surface area contributed by atoms with Crippen LogP contribution in [0.25, 0.3) is 0 Å². The SMILES string of the molecule is Cc1ccc(NC(=O)CN2CCN(c3ccccn3)CC2)c(C)c1. The van der Waals surface area contributed by atoms with Crippen molar-refractivity contribution < 1.29 is 4.79 Å². The van der Waals surface area contributed by atoms with E-state index in [0.29, 0.717) is 6.54 Å². The van der Waals surface area contributed by atoms with E-state index >= 15 is 0 Å². The molecule has 1 aromatic carbocycles. The molecule has 24 heavy (non-hydrogen) atoms. The van der Waals surface area contributed by atoms with E-state index < -0.39 is 0 Å². The monoisotopic (exact) mass is 324 g/mol. The third kappa shape index (κ3) is 4.11. The summed E-state index contributed by atoms with van der Waals surface area (Å²) in [6, 6.07) is 12.0. The molecule has 5 nitrogen and oxygen atoms in total. The third-order valence-electron chi connectivity index (χ3n) is 4.37. The molecule has 3 rings (SSSR count). The first-order valence-electron chi connectivity index (χ1n) is 8.37.